The zero-order chi connectivity index (χ0) is 10.2. The van der Waals surface area contributed by atoms with Crippen LogP contribution in [0.25, 0.3) is 4.85 Å². The summed E-state index contributed by atoms with van der Waals surface area (Å²) in [6, 6.07) is 10.00. The maximum absolute atomic E-state index is 6.63. The van der Waals surface area contributed by atoms with Gasteiger partial charge in [0.05, 0.1) is 19.8 Å². The minimum absolute atomic E-state index is 0.525. The molecule has 0 atom stereocenters. The fourth-order valence-corrected chi connectivity index (χ4v) is 1.05. The lowest BCUT2D eigenvalue weighted by atomic mass is 10.2. The highest BCUT2D eigenvalue weighted by Gasteiger charge is 1.92. The van der Waals surface area contributed by atoms with Crippen molar-refractivity contribution in [2.75, 3.05) is 6.61 Å². The Hall–Kier alpha value is -1.59. The van der Waals surface area contributed by atoms with Gasteiger partial charge in [0.25, 0.3) is 0 Å². The van der Waals surface area contributed by atoms with E-state index >= 15 is 0 Å². The van der Waals surface area contributed by atoms with Crippen molar-refractivity contribution in [3.05, 3.63) is 59.1 Å². The van der Waals surface area contributed by atoms with Crippen LogP contribution in [0.2, 0.25) is 0 Å². The largest absolute Gasteiger partial charge is 0.374 e. The molecule has 0 unspecified atom stereocenters. The van der Waals surface area contributed by atoms with E-state index in [2.05, 4.69) is 4.85 Å². The second-order valence-electron chi connectivity index (χ2n) is 3.08. The lowest BCUT2D eigenvalue weighted by Gasteiger charge is -2.03. The molecule has 0 saturated heterocycles. The molecular formula is C12H13NO. The van der Waals surface area contributed by atoms with E-state index in [9.17, 15) is 0 Å². The zero-order valence-corrected chi connectivity index (χ0v) is 8.23. The number of rotatable bonds is 4. The summed E-state index contributed by atoms with van der Waals surface area (Å²) < 4.78 is 5.42. The second-order valence-corrected chi connectivity index (χ2v) is 3.08. The molecule has 72 valence electrons. The summed E-state index contributed by atoms with van der Waals surface area (Å²) in [5.41, 5.74) is 2.11. The summed E-state index contributed by atoms with van der Waals surface area (Å²) in [7, 11) is 0. The molecule has 2 nitrogen and oxygen atoms in total. The third-order valence-electron chi connectivity index (χ3n) is 1.73. The van der Waals surface area contributed by atoms with Gasteiger partial charge >= 0.3 is 0 Å². The van der Waals surface area contributed by atoms with Gasteiger partial charge in [-0.15, -0.1) is 0 Å². The van der Waals surface area contributed by atoms with Crippen LogP contribution in [0.1, 0.15) is 12.5 Å². The van der Waals surface area contributed by atoms with E-state index in [-0.39, 0.29) is 0 Å². The SMILES string of the molecule is [C-]#[N+]C=C(C)COCc1ccccc1. The van der Waals surface area contributed by atoms with Crippen molar-refractivity contribution in [1.82, 2.24) is 0 Å². The summed E-state index contributed by atoms with van der Waals surface area (Å²) >= 11 is 0. The van der Waals surface area contributed by atoms with Crippen molar-refractivity contribution >= 4 is 0 Å². The molecule has 0 bridgehead atoms. The van der Waals surface area contributed by atoms with Crippen molar-refractivity contribution in [3.63, 3.8) is 0 Å². The van der Waals surface area contributed by atoms with Gasteiger partial charge in [0.15, 0.2) is 6.20 Å². The van der Waals surface area contributed by atoms with Crippen molar-refractivity contribution in [2.45, 2.75) is 13.5 Å². The number of ether oxygens (including phenoxy) is 1. The van der Waals surface area contributed by atoms with Gasteiger partial charge < -0.3 is 4.74 Å². The molecule has 0 aromatic heterocycles. The van der Waals surface area contributed by atoms with Crippen LogP contribution in [0.4, 0.5) is 0 Å². The summed E-state index contributed by atoms with van der Waals surface area (Å²) in [6.07, 6.45) is 1.49. The predicted octanol–water partition coefficient (Wildman–Crippen LogP) is 3.03. The Morgan fingerprint density at radius 1 is 1.43 bits per heavy atom. The Kier molecular flexibility index (Phi) is 4.46. The first-order valence-electron chi connectivity index (χ1n) is 4.47. The molecule has 1 aromatic rings. The van der Waals surface area contributed by atoms with Crippen LogP contribution in [0.3, 0.4) is 0 Å². The van der Waals surface area contributed by atoms with Crippen LogP contribution in [-0.4, -0.2) is 6.61 Å². The van der Waals surface area contributed by atoms with Gasteiger partial charge in [-0.25, -0.2) is 4.85 Å². The topological polar surface area (TPSA) is 13.6 Å². The minimum atomic E-state index is 0.525. The Morgan fingerprint density at radius 3 is 2.79 bits per heavy atom. The lowest BCUT2D eigenvalue weighted by Crippen LogP contribution is -1.95. The summed E-state index contributed by atoms with van der Waals surface area (Å²) in [5, 5.41) is 0. The highest BCUT2D eigenvalue weighted by molar-refractivity contribution is 5.13. The number of hydrogen-bond donors (Lipinski definition) is 0. The van der Waals surface area contributed by atoms with Gasteiger partial charge in [-0.2, -0.15) is 0 Å². The Morgan fingerprint density at radius 2 is 2.14 bits per heavy atom. The monoisotopic (exact) mass is 187 g/mol. The predicted molar refractivity (Wildman–Crippen MR) is 56.5 cm³/mol. The molecule has 14 heavy (non-hydrogen) atoms. The van der Waals surface area contributed by atoms with E-state index in [4.69, 9.17) is 11.3 Å². The Labute approximate surface area is 84.6 Å². The number of hydrogen-bond acceptors (Lipinski definition) is 1. The van der Waals surface area contributed by atoms with Crippen LogP contribution in [0.15, 0.2) is 42.1 Å². The third-order valence-corrected chi connectivity index (χ3v) is 1.73. The smallest absolute Gasteiger partial charge is 0.155 e. The maximum Gasteiger partial charge on any atom is 0.155 e. The van der Waals surface area contributed by atoms with Gasteiger partial charge in [0.1, 0.15) is 0 Å². The number of benzene rings is 1. The molecule has 0 heterocycles. The van der Waals surface area contributed by atoms with E-state index in [0.29, 0.717) is 13.2 Å². The summed E-state index contributed by atoms with van der Waals surface area (Å²) in [6.45, 7) is 9.64. The molecule has 1 aromatic carbocycles. The van der Waals surface area contributed by atoms with Gasteiger partial charge in [-0.05, 0) is 11.1 Å². The quantitative estimate of drug-likeness (QED) is 0.660. The Balaban J connectivity index is 2.30. The molecule has 0 amide bonds. The van der Waals surface area contributed by atoms with Crippen molar-refractivity contribution in [2.24, 2.45) is 0 Å². The minimum Gasteiger partial charge on any atom is -0.374 e. The van der Waals surface area contributed by atoms with Crippen molar-refractivity contribution in [1.29, 1.82) is 0 Å². The lowest BCUT2D eigenvalue weighted by molar-refractivity contribution is 0.142. The summed E-state index contributed by atoms with van der Waals surface area (Å²) in [4.78, 5) is 3.17. The van der Waals surface area contributed by atoms with Gasteiger partial charge in [0.2, 0.25) is 0 Å². The highest BCUT2D eigenvalue weighted by Crippen LogP contribution is 2.02. The molecule has 0 saturated carbocycles. The van der Waals surface area contributed by atoms with Crippen LogP contribution < -0.4 is 0 Å². The maximum atomic E-state index is 6.63. The van der Waals surface area contributed by atoms with Gasteiger partial charge in [-0.1, -0.05) is 37.3 Å². The molecule has 0 spiro atoms. The molecule has 0 N–H and O–H groups in total. The fraction of sp³-hybridized carbons (Fsp3) is 0.250. The third kappa shape index (κ3) is 3.88. The van der Waals surface area contributed by atoms with E-state index in [0.717, 1.165) is 11.1 Å². The molecule has 0 aliphatic heterocycles. The van der Waals surface area contributed by atoms with Gasteiger partial charge in [-0.3, -0.25) is 0 Å². The van der Waals surface area contributed by atoms with Crippen molar-refractivity contribution < 1.29 is 4.74 Å². The molecule has 0 aliphatic rings. The number of nitrogens with zero attached hydrogens (tertiary/aromatic N) is 1. The van der Waals surface area contributed by atoms with Crippen LogP contribution in [0.5, 0.6) is 0 Å². The van der Waals surface area contributed by atoms with Crippen LogP contribution in [-0.2, 0) is 11.3 Å². The second kappa shape index (κ2) is 5.95. The average molecular weight is 187 g/mol. The first kappa shape index (κ1) is 10.5. The molecular weight excluding hydrogens is 174 g/mol. The first-order chi connectivity index (χ1) is 6.83. The molecule has 0 fully saturated rings. The average Bonchev–Trinajstić information content (AvgIpc) is 2.20. The highest BCUT2D eigenvalue weighted by atomic mass is 16.5. The Bertz CT molecular complexity index is 335. The van der Waals surface area contributed by atoms with Gasteiger partial charge in [0, 0.05) is 0 Å². The standard InChI is InChI=1S/C12H13NO/c1-11(8-13-2)9-14-10-12-6-4-3-5-7-12/h3-8H,9-10H2,1H3. The van der Waals surface area contributed by atoms with Crippen LogP contribution >= 0.6 is 0 Å². The fourth-order valence-electron chi connectivity index (χ4n) is 1.05. The van der Waals surface area contributed by atoms with Crippen LogP contribution in [0, 0.1) is 6.57 Å². The zero-order valence-electron chi connectivity index (χ0n) is 8.23. The molecule has 2 heteroatoms. The van der Waals surface area contributed by atoms with E-state index in [1.807, 2.05) is 37.3 Å². The van der Waals surface area contributed by atoms with Crippen molar-refractivity contribution in [3.8, 4) is 0 Å². The molecule has 0 aliphatic carbocycles. The normalized spacial score (nSPS) is 11.0. The molecule has 0 radical (unpaired) electrons. The van der Waals surface area contributed by atoms with E-state index < -0.39 is 0 Å². The summed E-state index contributed by atoms with van der Waals surface area (Å²) in [5.74, 6) is 0. The van der Waals surface area contributed by atoms with E-state index in [1.54, 1.807) is 0 Å². The first-order valence-corrected chi connectivity index (χ1v) is 4.47. The molecule has 1 rings (SSSR count). The van der Waals surface area contributed by atoms with E-state index in [1.165, 1.54) is 6.20 Å².